The minimum Gasteiger partial charge on any atom is -0.313 e. The van der Waals surface area contributed by atoms with Crippen molar-refractivity contribution in [2.75, 3.05) is 7.05 Å². The van der Waals surface area contributed by atoms with Crippen LogP contribution in [0.2, 0.25) is 0 Å². The van der Waals surface area contributed by atoms with Gasteiger partial charge in [-0.1, -0.05) is 28.1 Å². The number of H-pyrrole nitrogens is 1. The molecular weight excluding hydrogens is 266 g/mol. The largest absolute Gasteiger partial charge is 0.313 e. The summed E-state index contributed by atoms with van der Waals surface area (Å²) in [5.41, 5.74) is 3.40. The Morgan fingerprint density at radius 2 is 2.25 bits per heavy atom. The fraction of sp³-hybridized carbons (Fsp3) is 0.250. The van der Waals surface area contributed by atoms with E-state index in [0.717, 1.165) is 15.7 Å². The van der Waals surface area contributed by atoms with Gasteiger partial charge in [0.15, 0.2) is 0 Å². The first-order valence-electron chi connectivity index (χ1n) is 5.19. The molecule has 0 fully saturated rings. The molecule has 2 rings (SSSR count). The van der Waals surface area contributed by atoms with Crippen LogP contribution in [0, 0.1) is 0 Å². The lowest BCUT2D eigenvalue weighted by Crippen LogP contribution is -2.12. The van der Waals surface area contributed by atoms with Gasteiger partial charge in [-0.05, 0) is 26.1 Å². The molecule has 1 atom stereocenters. The van der Waals surface area contributed by atoms with Crippen LogP contribution in [0.3, 0.4) is 0 Å². The molecule has 0 aliphatic rings. The molecule has 1 aromatic carbocycles. The van der Waals surface area contributed by atoms with E-state index in [0.29, 0.717) is 0 Å². The van der Waals surface area contributed by atoms with Gasteiger partial charge >= 0.3 is 0 Å². The van der Waals surface area contributed by atoms with Crippen molar-refractivity contribution in [1.29, 1.82) is 0 Å². The first-order chi connectivity index (χ1) is 7.72. The van der Waals surface area contributed by atoms with Crippen LogP contribution in [-0.4, -0.2) is 17.2 Å². The summed E-state index contributed by atoms with van der Waals surface area (Å²) < 4.78 is 1.07. The average Bonchev–Trinajstić information content (AvgIpc) is 2.77. The van der Waals surface area contributed by atoms with Crippen molar-refractivity contribution in [1.82, 2.24) is 15.5 Å². The monoisotopic (exact) mass is 279 g/mol. The molecule has 0 radical (unpaired) electrons. The summed E-state index contributed by atoms with van der Waals surface area (Å²) in [6.45, 7) is 2.12. The number of hydrogen-bond acceptors (Lipinski definition) is 2. The Bertz CT molecular complexity index is 479. The summed E-state index contributed by atoms with van der Waals surface area (Å²) in [6, 6.07) is 8.48. The Balaban J connectivity index is 2.44. The zero-order valence-corrected chi connectivity index (χ0v) is 10.9. The fourth-order valence-corrected chi connectivity index (χ4v) is 2.05. The molecule has 16 heavy (non-hydrogen) atoms. The van der Waals surface area contributed by atoms with E-state index in [9.17, 15) is 0 Å². The van der Waals surface area contributed by atoms with Gasteiger partial charge in [0.25, 0.3) is 0 Å². The van der Waals surface area contributed by atoms with Crippen LogP contribution in [0.25, 0.3) is 11.3 Å². The minimum absolute atomic E-state index is 0.285. The highest BCUT2D eigenvalue weighted by molar-refractivity contribution is 9.10. The zero-order chi connectivity index (χ0) is 11.5. The van der Waals surface area contributed by atoms with Gasteiger partial charge in [-0.15, -0.1) is 0 Å². The quantitative estimate of drug-likeness (QED) is 0.907. The number of nitrogens with one attached hydrogen (secondary N) is 2. The Kier molecular flexibility index (Phi) is 3.41. The van der Waals surface area contributed by atoms with E-state index in [1.165, 1.54) is 5.56 Å². The number of benzene rings is 1. The molecule has 1 heterocycles. The van der Waals surface area contributed by atoms with Gasteiger partial charge in [0.05, 0.1) is 11.9 Å². The van der Waals surface area contributed by atoms with E-state index >= 15 is 0 Å². The number of aromatic nitrogens is 2. The van der Waals surface area contributed by atoms with Crippen LogP contribution >= 0.6 is 15.9 Å². The van der Waals surface area contributed by atoms with Crippen molar-refractivity contribution >= 4 is 15.9 Å². The number of halogens is 1. The molecule has 0 saturated carbocycles. The second-order valence-corrected chi connectivity index (χ2v) is 4.64. The molecule has 4 heteroatoms. The highest BCUT2D eigenvalue weighted by Crippen LogP contribution is 2.27. The molecule has 0 aliphatic carbocycles. The lowest BCUT2D eigenvalue weighted by atomic mass is 10.0. The average molecular weight is 280 g/mol. The van der Waals surface area contributed by atoms with Gasteiger partial charge in [-0.25, -0.2) is 0 Å². The van der Waals surface area contributed by atoms with E-state index in [1.807, 2.05) is 25.4 Å². The summed E-state index contributed by atoms with van der Waals surface area (Å²) in [7, 11) is 1.95. The molecule has 1 unspecified atom stereocenters. The Hall–Kier alpha value is -1.13. The number of nitrogens with zero attached hydrogens (tertiary/aromatic N) is 1. The van der Waals surface area contributed by atoms with E-state index in [1.54, 1.807) is 0 Å². The zero-order valence-electron chi connectivity index (χ0n) is 9.29. The van der Waals surface area contributed by atoms with Crippen LogP contribution in [0.15, 0.2) is 34.9 Å². The number of rotatable bonds is 3. The molecule has 84 valence electrons. The third kappa shape index (κ3) is 2.18. The van der Waals surface area contributed by atoms with Gasteiger partial charge < -0.3 is 5.32 Å². The highest BCUT2D eigenvalue weighted by Gasteiger charge is 2.12. The smallest absolute Gasteiger partial charge is 0.0698 e. The third-order valence-corrected chi connectivity index (χ3v) is 3.17. The molecule has 2 N–H and O–H groups in total. The lowest BCUT2D eigenvalue weighted by molar-refractivity contribution is 0.654. The van der Waals surface area contributed by atoms with Crippen molar-refractivity contribution in [2.24, 2.45) is 0 Å². The predicted octanol–water partition coefficient (Wildman–Crippen LogP) is 3.12. The van der Waals surface area contributed by atoms with Gasteiger partial charge in [0, 0.05) is 21.6 Å². The first kappa shape index (κ1) is 11.4. The summed E-state index contributed by atoms with van der Waals surface area (Å²) in [5, 5.41) is 10.4. The van der Waals surface area contributed by atoms with Crippen molar-refractivity contribution in [2.45, 2.75) is 13.0 Å². The number of hydrogen-bond donors (Lipinski definition) is 2. The van der Waals surface area contributed by atoms with Crippen LogP contribution in [0.4, 0.5) is 0 Å². The standard InChI is InChI=1S/C12H14BrN3/c1-8(14-2)11-7-15-16-12(11)9-4-3-5-10(13)6-9/h3-8,14H,1-2H3,(H,15,16). The molecule has 0 spiro atoms. The second-order valence-electron chi connectivity index (χ2n) is 3.72. The molecule has 3 nitrogen and oxygen atoms in total. The molecule has 0 amide bonds. The van der Waals surface area contributed by atoms with Gasteiger partial charge in [-0.3, -0.25) is 5.10 Å². The second kappa shape index (κ2) is 4.80. The maximum Gasteiger partial charge on any atom is 0.0698 e. The summed E-state index contributed by atoms with van der Waals surface area (Å²) in [4.78, 5) is 0. The normalized spacial score (nSPS) is 12.7. The van der Waals surface area contributed by atoms with E-state index in [4.69, 9.17) is 0 Å². The maximum absolute atomic E-state index is 4.12. The van der Waals surface area contributed by atoms with E-state index in [2.05, 4.69) is 50.5 Å². The van der Waals surface area contributed by atoms with Gasteiger partial charge in [0.1, 0.15) is 0 Å². The molecule has 0 aliphatic heterocycles. The van der Waals surface area contributed by atoms with Gasteiger partial charge in [-0.2, -0.15) is 5.10 Å². The highest BCUT2D eigenvalue weighted by atomic mass is 79.9. The minimum atomic E-state index is 0.285. The van der Waals surface area contributed by atoms with E-state index < -0.39 is 0 Å². The van der Waals surface area contributed by atoms with Crippen molar-refractivity contribution in [3.63, 3.8) is 0 Å². The fourth-order valence-electron chi connectivity index (χ4n) is 1.65. The maximum atomic E-state index is 4.12. The van der Waals surface area contributed by atoms with Crippen LogP contribution < -0.4 is 5.32 Å². The molecule has 1 aromatic heterocycles. The molecule has 0 saturated heterocycles. The summed E-state index contributed by atoms with van der Waals surface area (Å²) in [6.07, 6.45) is 1.87. The van der Waals surface area contributed by atoms with Crippen LogP contribution in [0.5, 0.6) is 0 Å². The Labute approximate surface area is 103 Å². The van der Waals surface area contributed by atoms with Crippen molar-refractivity contribution < 1.29 is 0 Å². The lowest BCUT2D eigenvalue weighted by Gasteiger charge is -2.10. The Morgan fingerprint density at radius 3 is 2.94 bits per heavy atom. The van der Waals surface area contributed by atoms with Crippen LogP contribution in [0.1, 0.15) is 18.5 Å². The van der Waals surface area contributed by atoms with Gasteiger partial charge in [0.2, 0.25) is 0 Å². The third-order valence-electron chi connectivity index (χ3n) is 2.68. The first-order valence-corrected chi connectivity index (χ1v) is 5.98. The number of aromatic amines is 1. The molecular formula is C12H14BrN3. The van der Waals surface area contributed by atoms with Crippen molar-refractivity contribution in [3.05, 3.63) is 40.5 Å². The van der Waals surface area contributed by atoms with Crippen molar-refractivity contribution in [3.8, 4) is 11.3 Å². The topological polar surface area (TPSA) is 40.7 Å². The predicted molar refractivity (Wildman–Crippen MR) is 69.2 cm³/mol. The van der Waals surface area contributed by atoms with Crippen LogP contribution in [-0.2, 0) is 0 Å². The molecule has 2 aromatic rings. The Morgan fingerprint density at radius 1 is 1.44 bits per heavy atom. The SMILES string of the molecule is CNC(C)c1cn[nH]c1-c1cccc(Br)c1. The summed E-state index contributed by atoms with van der Waals surface area (Å²) >= 11 is 3.48. The summed E-state index contributed by atoms with van der Waals surface area (Å²) in [5.74, 6) is 0. The molecule has 0 bridgehead atoms. The van der Waals surface area contributed by atoms with E-state index in [-0.39, 0.29) is 6.04 Å².